The number of para-hydroxylation sites is 1. The van der Waals surface area contributed by atoms with Crippen LogP contribution in [0.5, 0.6) is 0 Å². The highest BCUT2D eigenvalue weighted by molar-refractivity contribution is 6.07. The second-order valence-corrected chi connectivity index (χ2v) is 17.6. The maximum absolute atomic E-state index is 6.29. The lowest BCUT2D eigenvalue weighted by Crippen LogP contribution is -2.28. The van der Waals surface area contributed by atoms with E-state index in [4.69, 9.17) is 4.42 Å². The maximum atomic E-state index is 6.29. The van der Waals surface area contributed by atoms with Gasteiger partial charge in [-0.15, -0.1) is 0 Å². The fraction of sp³-hybridized carbons (Fsp3) is 0.0154. The van der Waals surface area contributed by atoms with Crippen molar-refractivity contribution in [3.63, 3.8) is 0 Å². The lowest BCUT2D eigenvalue weighted by Gasteiger charge is -2.35. The molecular formula is C65H43NO. The zero-order chi connectivity index (χ0) is 44.3. The SMILES string of the molecule is c1ccc(-c2ccc(-c3ccc4ccccc4c3)cc2N(c2cccc(-c3ccc4oc5ccccc5c4c3)c2)c2cccc3c2-c2ccccc2C3(c2ccccc2)c2ccccc2)cc1. The summed E-state index contributed by atoms with van der Waals surface area (Å²) in [5.41, 5.74) is 18.8. The van der Waals surface area contributed by atoms with Gasteiger partial charge in [0.05, 0.1) is 16.8 Å². The zero-order valence-corrected chi connectivity index (χ0v) is 36.7. The number of rotatable bonds is 8. The highest BCUT2D eigenvalue weighted by atomic mass is 16.3. The van der Waals surface area contributed by atoms with E-state index in [2.05, 4.69) is 254 Å². The minimum Gasteiger partial charge on any atom is -0.456 e. The molecule has 0 amide bonds. The van der Waals surface area contributed by atoms with Gasteiger partial charge in [-0.2, -0.15) is 0 Å². The Kier molecular flexibility index (Phi) is 9.11. The third-order valence-corrected chi connectivity index (χ3v) is 13.9. The van der Waals surface area contributed by atoms with Crippen LogP contribution in [0.1, 0.15) is 22.3 Å². The Bertz CT molecular complexity index is 3770. The van der Waals surface area contributed by atoms with Gasteiger partial charge in [0, 0.05) is 27.6 Å². The van der Waals surface area contributed by atoms with Gasteiger partial charge in [0.1, 0.15) is 11.2 Å². The van der Waals surface area contributed by atoms with Gasteiger partial charge in [0.25, 0.3) is 0 Å². The van der Waals surface area contributed by atoms with Gasteiger partial charge >= 0.3 is 0 Å². The van der Waals surface area contributed by atoms with Gasteiger partial charge in [0.15, 0.2) is 0 Å². The smallest absolute Gasteiger partial charge is 0.135 e. The van der Waals surface area contributed by atoms with Crippen LogP contribution in [-0.4, -0.2) is 0 Å². The molecule has 1 heterocycles. The molecule has 0 unspecified atom stereocenters. The molecule has 314 valence electrons. The third kappa shape index (κ3) is 6.26. The van der Waals surface area contributed by atoms with Gasteiger partial charge < -0.3 is 9.32 Å². The Morgan fingerprint density at radius 1 is 0.313 bits per heavy atom. The van der Waals surface area contributed by atoms with Gasteiger partial charge in [-0.05, 0) is 115 Å². The van der Waals surface area contributed by atoms with E-state index >= 15 is 0 Å². The maximum Gasteiger partial charge on any atom is 0.135 e. The summed E-state index contributed by atoms with van der Waals surface area (Å²) >= 11 is 0. The molecule has 11 aromatic carbocycles. The minimum atomic E-state index is -0.560. The summed E-state index contributed by atoms with van der Waals surface area (Å²) in [6.07, 6.45) is 0. The van der Waals surface area contributed by atoms with Crippen LogP contribution in [0.25, 0.3) is 77.2 Å². The Morgan fingerprint density at radius 3 is 1.72 bits per heavy atom. The Hall–Kier alpha value is -8.72. The Morgan fingerprint density at radius 2 is 0.896 bits per heavy atom. The fourth-order valence-electron chi connectivity index (χ4n) is 10.9. The number of nitrogens with zero attached hydrogens (tertiary/aromatic N) is 1. The molecule has 0 atom stereocenters. The van der Waals surface area contributed by atoms with E-state index in [0.29, 0.717) is 0 Å². The lowest BCUT2D eigenvalue weighted by atomic mass is 9.68. The Labute approximate surface area is 390 Å². The Balaban J connectivity index is 1.11. The van der Waals surface area contributed by atoms with Crippen molar-refractivity contribution < 1.29 is 4.42 Å². The van der Waals surface area contributed by atoms with Crippen molar-refractivity contribution in [3.05, 3.63) is 283 Å². The van der Waals surface area contributed by atoms with Crippen molar-refractivity contribution in [2.75, 3.05) is 4.90 Å². The van der Waals surface area contributed by atoms with Crippen molar-refractivity contribution in [2.24, 2.45) is 0 Å². The molecule has 1 aromatic heterocycles. The van der Waals surface area contributed by atoms with Crippen molar-refractivity contribution in [1.29, 1.82) is 0 Å². The molecule has 0 spiro atoms. The van der Waals surface area contributed by atoms with Crippen molar-refractivity contribution >= 4 is 49.8 Å². The number of anilines is 3. The normalized spacial score (nSPS) is 12.6. The summed E-state index contributed by atoms with van der Waals surface area (Å²) in [5, 5.41) is 4.68. The molecule has 2 heteroatoms. The first-order valence-electron chi connectivity index (χ1n) is 23.1. The average Bonchev–Trinajstić information content (AvgIpc) is 3.93. The molecule has 67 heavy (non-hydrogen) atoms. The molecule has 0 radical (unpaired) electrons. The molecule has 1 aliphatic rings. The molecule has 2 nitrogen and oxygen atoms in total. The molecule has 12 aromatic rings. The largest absolute Gasteiger partial charge is 0.456 e. The molecule has 0 bridgehead atoms. The molecule has 13 rings (SSSR count). The van der Waals surface area contributed by atoms with E-state index in [-0.39, 0.29) is 0 Å². The van der Waals surface area contributed by atoms with E-state index in [1.807, 2.05) is 12.1 Å². The van der Waals surface area contributed by atoms with Gasteiger partial charge in [0.2, 0.25) is 0 Å². The summed E-state index contributed by atoms with van der Waals surface area (Å²) in [6, 6.07) is 95.4. The third-order valence-electron chi connectivity index (χ3n) is 13.9. The first kappa shape index (κ1) is 38.7. The fourth-order valence-corrected chi connectivity index (χ4v) is 10.9. The summed E-state index contributed by atoms with van der Waals surface area (Å²) in [6.45, 7) is 0. The first-order valence-corrected chi connectivity index (χ1v) is 23.1. The second-order valence-electron chi connectivity index (χ2n) is 17.6. The van der Waals surface area contributed by atoms with Crippen molar-refractivity contribution in [1.82, 2.24) is 0 Å². The lowest BCUT2D eigenvalue weighted by molar-refractivity contribution is 0.669. The van der Waals surface area contributed by atoms with Crippen LogP contribution in [0.4, 0.5) is 17.1 Å². The highest BCUT2D eigenvalue weighted by Crippen LogP contribution is 2.60. The van der Waals surface area contributed by atoms with Crippen LogP contribution in [0.3, 0.4) is 0 Å². The molecule has 0 saturated heterocycles. The molecule has 0 aliphatic heterocycles. The van der Waals surface area contributed by atoms with Gasteiger partial charge in [-0.3, -0.25) is 0 Å². The first-order chi connectivity index (χ1) is 33.2. The number of hydrogen-bond acceptors (Lipinski definition) is 2. The summed E-state index contributed by atoms with van der Waals surface area (Å²) in [4.78, 5) is 2.53. The number of furan rings is 1. The van der Waals surface area contributed by atoms with E-state index in [1.54, 1.807) is 0 Å². The molecule has 1 aliphatic carbocycles. The van der Waals surface area contributed by atoms with E-state index in [1.165, 1.54) is 49.7 Å². The molecule has 0 N–H and O–H groups in total. The van der Waals surface area contributed by atoms with Crippen LogP contribution >= 0.6 is 0 Å². The van der Waals surface area contributed by atoms with Crippen LogP contribution in [0, 0.1) is 0 Å². The van der Waals surface area contributed by atoms with Crippen molar-refractivity contribution in [2.45, 2.75) is 5.41 Å². The van der Waals surface area contributed by atoms with Crippen LogP contribution in [0.15, 0.2) is 265 Å². The summed E-state index contributed by atoms with van der Waals surface area (Å²) < 4.78 is 6.29. The average molecular weight is 854 g/mol. The topological polar surface area (TPSA) is 16.4 Å². The highest BCUT2D eigenvalue weighted by Gasteiger charge is 2.47. The zero-order valence-electron chi connectivity index (χ0n) is 36.7. The molecule has 0 saturated carbocycles. The molecule has 0 fully saturated rings. The standard InChI is InChI=1S/C65H43NO/c1-4-19-45(20-5-1)54-38-36-50(48-35-34-44-18-10-11-21-46(44)40-48)43-61(54)66(53-27-16-22-47(41-53)49-37-39-63-57(42-49)55-28-13-15-33-62(55)67-63)60-32-17-31-59-64(60)56-29-12-14-30-58(56)65(59,51-23-6-2-7-24-51)52-25-8-3-9-26-52/h1-43H. The van der Waals surface area contributed by atoms with Crippen molar-refractivity contribution in [3.8, 4) is 44.5 Å². The molecular weight excluding hydrogens is 811 g/mol. The van der Waals surface area contributed by atoms with E-state index in [0.717, 1.165) is 66.8 Å². The minimum absolute atomic E-state index is 0.560. The second kappa shape index (κ2) is 15.8. The van der Waals surface area contributed by atoms with E-state index < -0.39 is 5.41 Å². The van der Waals surface area contributed by atoms with Gasteiger partial charge in [-0.1, -0.05) is 212 Å². The summed E-state index contributed by atoms with van der Waals surface area (Å²) in [7, 11) is 0. The summed E-state index contributed by atoms with van der Waals surface area (Å²) in [5.74, 6) is 0. The van der Waals surface area contributed by atoms with Gasteiger partial charge in [-0.25, -0.2) is 0 Å². The number of fused-ring (bicyclic) bond motifs is 7. The predicted molar refractivity (Wildman–Crippen MR) is 280 cm³/mol. The van der Waals surface area contributed by atoms with Crippen LogP contribution < -0.4 is 4.90 Å². The quantitative estimate of drug-likeness (QED) is 0.151. The van der Waals surface area contributed by atoms with E-state index in [9.17, 15) is 0 Å². The number of hydrogen-bond donors (Lipinski definition) is 0. The monoisotopic (exact) mass is 853 g/mol. The van der Waals surface area contributed by atoms with Crippen LogP contribution in [0.2, 0.25) is 0 Å². The van der Waals surface area contributed by atoms with Crippen LogP contribution in [-0.2, 0) is 5.41 Å². The number of benzene rings is 11. The predicted octanol–water partition coefficient (Wildman–Crippen LogP) is 17.6.